The Morgan fingerprint density at radius 1 is 0.556 bits per heavy atom. The molecule has 3 nitrogen and oxygen atoms in total. The van der Waals surface area contributed by atoms with E-state index in [4.69, 9.17) is 14.2 Å². The first-order valence-electron chi connectivity index (χ1n) is 18.4. The third-order valence-corrected chi connectivity index (χ3v) is 10.7. The van der Waals surface area contributed by atoms with Crippen LogP contribution in [0.3, 0.4) is 0 Å². The number of benzene rings is 2. The minimum Gasteiger partial charge on any atom is -0.497 e. The first-order valence-corrected chi connectivity index (χ1v) is 18.4. The molecule has 248 valence electrons. The Labute approximate surface area is 275 Å². The van der Waals surface area contributed by atoms with Crippen LogP contribution in [0.15, 0.2) is 60.7 Å². The molecule has 2 saturated carbocycles. The van der Waals surface area contributed by atoms with Gasteiger partial charge in [0.15, 0.2) is 0 Å². The molecule has 0 aromatic heterocycles. The molecular weight excluding hydrogens is 552 g/mol. The van der Waals surface area contributed by atoms with Gasteiger partial charge in [-0.1, -0.05) is 102 Å². The van der Waals surface area contributed by atoms with E-state index in [9.17, 15) is 0 Å². The number of unbranched alkanes of at least 4 members (excludes halogenated alkanes) is 4. The number of allylic oxidation sites excluding steroid dienone is 2. The molecule has 0 spiro atoms. The second kappa shape index (κ2) is 19.9. The van der Waals surface area contributed by atoms with Crippen LogP contribution in [0.25, 0.3) is 11.1 Å². The minimum absolute atomic E-state index is 0.613. The summed E-state index contributed by atoms with van der Waals surface area (Å²) in [5.74, 6) is 4.88. The molecule has 0 aliphatic heterocycles. The Kier molecular flexibility index (Phi) is 15.6. The molecule has 0 heterocycles. The van der Waals surface area contributed by atoms with Crippen molar-refractivity contribution in [3.8, 4) is 11.5 Å². The molecule has 0 radical (unpaired) electrons. The molecule has 0 unspecified atom stereocenters. The van der Waals surface area contributed by atoms with E-state index in [1.165, 1.54) is 125 Å². The molecule has 45 heavy (non-hydrogen) atoms. The van der Waals surface area contributed by atoms with Crippen molar-refractivity contribution in [3.05, 3.63) is 71.8 Å². The van der Waals surface area contributed by atoms with Crippen LogP contribution < -0.4 is 9.47 Å². The van der Waals surface area contributed by atoms with Crippen LogP contribution in [0.4, 0.5) is 0 Å². The monoisotopic (exact) mass is 614 g/mol. The Morgan fingerprint density at radius 3 is 1.27 bits per heavy atom. The lowest BCUT2D eigenvalue weighted by atomic mass is 9.75. The van der Waals surface area contributed by atoms with Gasteiger partial charge in [0.2, 0.25) is 0 Å². The summed E-state index contributed by atoms with van der Waals surface area (Å²) in [6.07, 6.45) is 26.4. The molecule has 0 saturated heterocycles. The number of rotatable bonds is 18. The number of methoxy groups -OCH3 is 2. The maximum Gasteiger partial charge on any atom is 0.118 e. The number of hydrogen-bond donors (Lipinski definition) is 0. The maximum absolute atomic E-state index is 6.38. The zero-order valence-corrected chi connectivity index (χ0v) is 29.0. The van der Waals surface area contributed by atoms with E-state index in [0.29, 0.717) is 25.0 Å². The van der Waals surface area contributed by atoms with E-state index in [0.717, 1.165) is 23.3 Å². The average molecular weight is 615 g/mol. The highest BCUT2D eigenvalue weighted by molar-refractivity contribution is 5.69. The van der Waals surface area contributed by atoms with Crippen LogP contribution in [0.2, 0.25) is 0 Å². The van der Waals surface area contributed by atoms with E-state index < -0.39 is 0 Å². The van der Waals surface area contributed by atoms with E-state index in [2.05, 4.69) is 74.5 Å². The molecule has 2 fully saturated rings. The zero-order chi connectivity index (χ0) is 31.7. The minimum atomic E-state index is 0.613. The molecule has 0 N–H and O–H groups in total. The van der Waals surface area contributed by atoms with Crippen LogP contribution in [-0.2, 0) is 4.74 Å². The van der Waals surface area contributed by atoms with Gasteiger partial charge in [-0.05, 0) is 122 Å². The lowest BCUT2D eigenvalue weighted by molar-refractivity contribution is 0.193. The van der Waals surface area contributed by atoms with Crippen molar-refractivity contribution < 1.29 is 14.2 Å². The number of hydrogen-bond acceptors (Lipinski definition) is 3. The lowest BCUT2D eigenvalue weighted by Gasteiger charge is -2.31. The second-order valence-corrected chi connectivity index (χ2v) is 13.7. The highest BCUT2D eigenvalue weighted by atomic mass is 16.5. The van der Waals surface area contributed by atoms with Crippen molar-refractivity contribution in [2.75, 3.05) is 27.4 Å². The van der Waals surface area contributed by atoms with Gasteiger partial charge < -0.3 is 14.2 Å². The van der Waals surface area contributed by atoms with E-state index in [1.807, 2.05) is 0 Å². The van der Waals surface area contributed by atoms with Crippen molar-refractivity contribution in [3.63, 3.8) is 0 Å². The van der Waals surface area contributed by atoms with Crippen molar-refractivity contribution in [2.24, 2.45) is 23.7 Å². The van der Waals surface area contributed by atoms with Gasteiger partial charge in [0.05, 0.1) is 27.4 Å². The first-order chi connectivity index (χ1) is 22.1. The SMILES string of the molecule is CCCCCC1CCC(C(=CCOCC=C(c2ccc(OC)cc2)C2CCC(CCCCC)CC2)c2ccc(OC)cc2)CC1. The van der Waals surface area contributed by atoms with E-state index in [-0.39, 0.29) is 0 Å². The summed E-state index contributed by atoms with van der Waals surface area (Å²) in [7, 11) is 3.48. The molecule has 3 heteroatoms. The molecule has 2 aliphatic rings. The van der Waals surface area contributed by atoms with E-state index in [1.54, 1.807) is 14.2 Å². The highest BCUT2D eigenvalue weighted by Gasteiger charge is 2.26. The average Bonchev–Trinajstić information content (AvgIpc) is 3.09. The van der Waals surface area contributed by atoms with Gasteiger partial charge in [-0.15, -0.1) is 0 Å². The predicted octanol–water partition coefficient (Wildman–Crippen LogP) is 12.0. The molecule has 0 atom stereocenters. The summed E-state index contributed by atoms with van der Waals surface area (Å²) >= 11 is 0. The summed E-state index contributed by atoms with van der Waals surface area (Å²) in [4.78, 5) is 0. The second-order valence-electron chi connectivity index (χ2n) is 13.7. The van der Waals surface area contributed by atoms with Crippen LogP contribution in [0.1, 0.15) is 128 Å². The van der Waals surface area contributed by atoms with Gasteiger partial charge in [-0.25, -0.2) is 0 Å². The smallest absolute Gasteiger partial charge is 0.118 e. The van der Waals surface area contributed by atoms with Crippen LogP contribution in [-0.4, -0.2) is 27.4 Å². The van der Waals surface area contributed by atoms with Crippen LogP contribution >= 0.6 is 0 Å². The fourth-order valence-electron chi connectivity index (χ4n) is 7.86. The Hall–Kier alpha value is -2.52. The van der Waals surface area contributed by atoms with Crippen molar-refractivity contribution in [1.82, 2.24) is 0 Å². The molecule has 2 aromatic carbocycles. The topological polar surface area (TPSA) is 27.7 Å². The van der Waals surface area contributed by atoms with Crippen molar-refractivity contribution >= 4 is 11.1 Å². The summed E-state index contributed by atoms with van der Waals surface area (Å²) in [5, 5.41) is 0. The van der Waals surface area contributed by atoms with Gasteiger partial charge >= 0.3 is 0 Å². The van der Waals surface area contributed by atoms with Crippen molar-refractivity contribution in [2.45, 2.75) is 117 Å². The predicted molar refractivity (Wildman–Crippen MR) is 192 cm³/mol. The van der Waals surface area contributed by atoms with E-state index >= 15 is 0 Å². The quantitative estimate of drug-likeness (QED) is 0.156. The number of ether oxygens (including phenoxy) is 3. The van der Waals surface area contributed by atoms with Gasteiger partial charge in [-0.3, -0.25) is 0 Å². The van der Waals surface area contributed by atoms with Crippen LogP contribution in [0, 0.1) is 23.7 Å². The molecule has 4 rings (SSSR count). The Balaban J connectivity index is 1.41. The molecule has 0 bridgehead atoms. The summed E-state index contributed by atoms with van der Waals surface area (Å²) in [6.45, 7) is 5.91. The normalized spacial score (nSPS) is 22.8. The Bertz CT molecular complexity index is 1040. The fraction of sp³-hybridized carbons (Fsp3) is 0.619. The molecule has 0 amide bonds. The Morgan fingerprint density at radius 2 is 0.933 bits per heavy atom. The van der Waals surface area contributed by atoms with Crippen molar-refractivity contribution in [1.29, 1.82) is 0 Å². The molecule has 2 aromatic rings. The van der Waals surface area contributed by atoms with Crippen LogP contribution in [0.5, 0.6) is 11.5 Å². The fourth-order valence-corrected chi connectivity index (χ4v) is 7.86. The summed E-state index contributed by atoms with van der Waals surface area (Å²) in [6, 6.07) is 17.3. The van der Waals surface area contributed by atoms with Gasteiger partial charge in [0.25, 0.3) is 0 Å². The lowest BCUT2D eigenvalue weighted by Crippen LogP contribution is -2.17. The largest absolute Gasteiger partial charge is 0.497 e. The third kappa shape index (κ3) is 11.3. The summed E-state index contributed by atoms with van der Waals surface area (Å²) < 4.78 is 17.3. The highest BCUT2D eigenvalue weighted by Crippen LogP contribution is 2.41. The summed E-state index contributed by atoms with van der Waals surface area (Å²) in [5.41, 5.74) is 5.56. The third-order valence-electron chi connectivity index (χ3n) is 10.7. The molecule has 2 aliphatic carbocycles. The standard InChI is InChI=1S/C42H62O3/c1-5-7-9-11-33-13-17-35(18-14-33)41(37-21-25-39(43-3)26-22-37)29-31-45-32-30-42(38-23-27-40(44-4)28-24-38)36-19-15-34(16-20-36)12-10-8-6-2/h21-30,33-36H,5-20,31-32H2,1-4H3. The van der Waals surface area contributed by atoms with Gasteiger partial charge in [0, 0.05) is 0 Å². The van der Waals surface area contributed by atoms with Gasteiger partial charge in [0.1, 0.15) is 11.5 Å². The van der Waals surface area contributed by atoms with Gasteiger partial charge in [-0.2, -0.15) is 0 Å². The first kappa shape index (κ1) is 35.3. The maximum atomic E-state index is 6.38. The molecular formula is C42H62O3. The zero-order valence-electron chi connectivity index (χ0n) is 29.0.